The quantitative estimate of drug-likeness (QED) is 0.690. The van der Waals surface area contributed by atoms with Crippen molar-refractivity contribution in [3.05, 3.63) is 24.2 Å². The minimum absolute atomic E-state index is 0.689. The smallest absolute Gasteiger partial charge is 0.113 e. The van der Waals surface area contributed by atoms with Crippen molar-refractivity contribution in [2.45, 2.75) is 38.5 Å². The molecule has 0 saturated carbocycles. The van der Waals surface area contributed by atoms with E-state index in [-0.39, 0.29) is 0 Å². The highest BCUT2D eigenvalue weighted by Crippen LogP contribution is 2.11. The van der Waals surface area contributed by atoms with Gasteiger partial charge in [0, 0.05) is 18.3 Å². The number of hydrogen-bond acceptors (Lipinski definition) is 3. The first-order chi connectivity index (χ1) is 7.36. The lowest BCUT2D eigenvalue weighted by atomic mass is 10.2. The molecule has 0 aliphatic rings. The largest absolute Gasteiger partial charge is 0.468 e. The molecule has 0 atom stereocenters. The third kappa shape index (κ3) is 5.28. The van der Waals surface area contributed by atoms with E-state index >= 15 is 0 Å². The molecule has 0 aliphatic heterocycles. The van der Waals surface area contributed by atoms with Crippen LogP contribution in [0.2, 0.25) is 0 Å². The normalized spacial score (nSPS) is 11.1. The number of hydrogen-bond donors (Lipinski definition) is 1. The van der Waals surface area contributed by atoms with Crippen LogP contribution in [-0.2, 0) is 5.75 Å². The molecule has 0 saturated heterocycles. The zero-order valence-corrected chi connectivity index (χ0v) is 10.5. The molecule has 1 aromatic rings. The molecular weight excluding hydrogens is 206 g/mol. The zero-order valence-electron chi connectivity index (χ0n) is 9.66. The van der Waals surface area contributed by atoms with Gasteiger partial charge in [0.15, 0.2) is 0 Å². The van der Waals surface area contributed by atoms with Gasteiger partial charge in [-0.05, 0) is 25.0 Å². The Kier molecular flexibility index (Phi) is 6.60. The van der Waals surface area contributed by atoms with Gasteiger partial charge in [-0.25, -0.2) is 0 Å². The molecule has 2 nitrogen and oxygen atoms in total. The Labute approximate surface area is 96.8 Å². The molecule has 0 bridgehead atoms. The molecule has 0 aromatic carbocycles. The molecular formula is C12H21NOS. The minimum atomic E-state index is 0.689. The summed E-state index contributed by atoms with van der Waals surface area (Å²) in [5, 5.41) is 3.55. The summed E-state index contributed by atoms with van der Waals surface area (Å²) in [5.41, 5.74) is 0. The monoisotopic (exact) mass is 227 g/mol. The first-order valence-electron chi connectivity index (χ1n) is 5.70. The van der Waals surface area contributed by atoms with Crippen molar-refractivity contribution in [1.29, 1.82) is 0 Å². The van der Waals surface area contributed by atoms with Crippen molar-refractivity contribution >= 4 is 11.8 Å². The molecule has 0 radical (unpaired) electrons. The maximum atomic E-state index is 5.26. The average Bonchev–Trinajstić information content (AvgIpc) is 2.76. The molecule has 1 heterocycles. The minimum Gasteiger partial charge on any atom is -0.468 e. The molecule has 15 heavy (non-hydrogen) atoms. The number of thioether (sulfide) groups is 1. The highest BCUT2D eigenvalue weighted by molar-refractivity contribution is 7.98. The fraction of sp³-hybridized carbons (Fsp3) is 0.667. The van der Waals surface area contributed by atoms with Gasteiger partial charge in [0.2, 0.25) is 0 Å². The predicted octanol–water partition coefficient (Wildman–Crippen LogP) is 3.29. The molecule has 0 fully saturated rings. The van der Waals surface area contributed by atoms with Crippen LogP contribution in [0.3, 0.4) is 0 Å². The predicted molar refractivity (Wildman–Crippen MR) is 67.2 cm³/mol. The lowest BCUT2D eigenvalue weighted by Crippen LogP contribution is -2.29. The summed E-state index contributed by atoms with van der Waals surface area (Å²) >= 11 is 1.92. The van der Waals surface area contributed by atoms with Gasteiger partial charge in [-0.2, -0.15) is 11.8 Å². The molecule has 0 unspecified atom stereocenters. The molecule has 86 valence electrons. The Morgan fingerprint density at radius 3 is 2.80 bits per heavy atom. The number of nitrogens with one attached hydrogen (secondary N) is 1. The van der Waals surface area contributed by atoms with Gasteiger partial charge in [0.1, 0.15) is 5.76 Å². The zero-order chi connectivity index (χ0) is 10.9. The van der Waals surface area contributed by atoms with E-state index in [1.165, 1.54) is 12.8 Å². The highest BCUT2D eigenvalue weighted by Gasteiger charge is 2.01. The Bertz CT molecular complexity index is 232. The van der Waals surface area contributed by atoms with Gasteiger partial charge in [-0.1, -0.05) is 13.8 Å². The van der Waals surface area contributed by atoms with E-state index in [9.17, 15) is 0 Å². The second-order valence-corrected chi connectivity index (χ2v) is 4.70. The van der Waals surface area contributed by atoms with Crippen LogP contribution in [0.1, 0.15) is 32.4 Å². The van der Waals surface area contributed by atoms with Gasteiger partial charge in [-0.3, -0.25) is 0 Å². The van der Waals surface area contributed by atoms with Crippen LogP contribution >= 0.6 is 11.8 Å². The van der Waals surface area contributed by atoms with Crippen LogP contribution in [-0.4, -0.2) is 18.3 Å². The summed E-state index contributed by atoms with van der Waals surface area (Å²) in [6.07, 6.45) is 4.18. The van der Waals surface area contributed by atoms with Crippen LogP contribution < -0.4 is 5.32 Å². The molecule has 0 aliphatic carbocycles. The fourth-order valence-electron chi connectivity index (χ4n) is 1.48. The molecule has 3 heteroatoms. The summed E-state index contributed by atoms with van der Waals surface area (Å²) in [4.78, 5) is 0. The van der Waals surface area contributed by atoms with Gasteiger partial charge >= 0.3 is 0 Å². The van der Waals surface area contributed by atoms with E-state index in [0.717, 1.165) is 23.8 Å². The molecule has 1 N–H and O–H groups in total. The van der Waals surface area contributed by atoms with E-state index in [4.69, 9.17) is 4.42 Å². The van der Waals surface area contributed by atoms with E-state index in [0.29, 0.717) is 6.04 Å². The molecule has 1 rings (SSSR count). The van der Waals surface area contributed by atoms with E-state index in [1.807, 2.05) is 23.9 Å². The van der Waals surface area contributed by atoms with Gasteiger partial charge in [0.25, 0.3) is 0 Å². The Balaban J connectivity index is 1.97. The summed E-state index contributed by atoms with van der Waals surface area (Å²) in [5.74, 6) is 3.21. The Hall–Kier alpha value is -0.410. The topological polar surface area (TPSA) is 25.2 Å². The second kappa shape index (κ2) is 7.83. The van der Waals surface area contributed by atoms with Gasteiger partial charge in [-0.15, -0.1) is 0 Å². The average molecular weight is 227 g/mol. The number of furan rings is 1. The molecule has 0 spiro atoms. The van der Waals surface area contributed by atoms with Crippen molar-refractivity contribution in [2.24, 2.45) is 0 Å². The van der Waals surface area contributed by atoms with Gasteiger partial charge < -0.3 is 9.73 Å². The van der Waals surface area contributed by atoms with E-state index in [1.54, 1.807) is 6.26 Å². The van der Waals surface area contributed by atoms with Crippen molar-refractivity contribution in [1.82, 2.24) is 5.32 Å². The summed E-state index contributed by atoms with van der Waals surface area (Å²) < 4.78 is 5.26. The molecule has 1 aromatic heterocycles. The Morgan fingerprint density at radius 2 is 2.20 bits per heavy atom. The summed E-state index contributed by atoms with van der Waals surface area (Å²) in [7, 11) is 0. The molecule has 0 amide bonds. The summed E-state index contributed by atoms with van der Waals surface area (Å²) in [6, 6.07) is 4.66. The van der Waals surface area contributed by atoms with E-state index in [2.05, 4.69) is 19.2 Å². The van der Waals surface area contributed by atoms with Crippen molar-refractivity contribution in [3.63, 3.8) is 0 Å². The lowest BCUT2D eigenvalue weighted by Gasteiger charge is -2.13. The standard InChI is InChI=1S/C12H21NOS/c1-3-11(4-2)13-7-9-15-10-12-6-5-8-14-12/h5-6,8,11,13H,3-4,7,9-10H2,1-2H3. The fourth-order valence-corrected chi connectivity index (χ4v) is 2.25. The SMILES string of the molecule is CCC(CC)NCCSCc1ccco1. The first kappa shape index (κ1) is 12.7. The second-order valence-electron chi connectivity index (χ2n) is 3.60. The third-order valence-electron chi connectivity index (χ3n) is 2.49. The van der Waals surface area contributed by atoms with Crippen LogP contribution in [0.15, 0.2) is 22.8 Å². The van der Waals surface area contributed by atoms with Crippen molar-refractivity contribution in [2.75, 3.05) is 12.3 Å². The van der Waals surface area contributed by atoms with E-state index < -0.39 is 0 Å². The third-order valence-corrected chi connectivity index (χ3v) is 3.47. The maximum absolute atomic E-state index is 5.26. The Morgan fingerprint density at radius 1 is 1.40 bits per heavy atom. The lowest BCUT2D eigenvalue weighted by molar-refractivity contribution is 0.501. The van der Waals surface area contributed by atoms with Gasteiger partial charge in [0.05, 0.1) is 12.0 Å². The number of rotatable bonds is 8. The van der Waals surface area contributed by atoms with Crippen LogP contribution in [0.5, 0.6) is 0 Å². The van der Waals surface area contributed by atoms with Crippen LogP contribution in [0, 0.1) is 0 Å². The first-order valence-corrected chi connectivity index (χ1v) is 6.85. The highest BCUT2D eigenvalue weighted by atomic mass is 32.2. The van der Waals surface area contributed by atoms with Crippen molar-refractivity contribution in [3.8, 4) is 0 Å². The summed E-state index contributed by atoms with van der Waals surface area (Å²) in [6.45, 7) is 5.56. The maximum Gasteiger partial charge on any atom is 0.113 e. The van der Waals surface area contributed by atoms with Crippen LogP contribution in [0.4, 0.5) is 0 Å². The van der Waals surface area contributed by atoms with Crippen LogP contribution in [0.25, 0.3) is 0 Å². The van der Waals surface area contributed by atoms with Crippen molar-refractivity contribution < 1.29 is 4.42 Å².